The lowest BCUT2D eigenvalue weighted by atomic mass is 10.0. The molecule has 0 spiro atoms. The molecule has 1 unspecified atom stereocenters. The van der Waals surface area contributed by atoms with E-state index in [0.717, 1.165) is 10.7 Å². The van der Waals surface area contributed by atoms with E-state index in [0.29, 0.717) is 4.88 Å². The van der Waals surface area contributed by atoms with Crippen LogP contribution in [-0.2, 0) is 0 Å². The zero-order chi connectivity index (χ0) is 12.5. The number of nitrogens with zero attached hydrogens (tertiary/aromatic N) is 1. The number of nitrogens with one attached hydrogen (secondary N) is 1. The molecule has 0 fully saturated rings. The van der Waals surface area contributed by atoms with E-state index in [4.69, 9.17) is 11.6 Å². The first-order valence-electron chi connectivity index (χ1n) is 5.14. The number of amides is 1. The molecule has 0 saturated heterocycles. The van der Waals surface area contributed by atoms with Gasteiger partial charge in [0.15, 0.2) is 0 Å². The summed E-state index contributed by atoms with van der Waals surface area (Å²) in [4.78, 5) is 16.9. The Hall–Kier alpha value is -0.610. The predicted molar refractivity (Wildman–Crippen MR) is 68.4 cm³/mol. The summed E-state index contributed by atoms with van der Waals surface area (Å²) in [5.74, 6) is -0.0967. The van der Waals surface area contributed by atoms with E-state index >= 15 is 0 Å². The first-order chi connectivity index (χ1) is 7.24. The zero-order valence-electron chi connectivity index (χ0n) is 10.2. The van der Waals surface area contributed by atoms with E-state index in [2.05, 4.69) is 10.3 Å². The summed E-state index contributed by atoms with van der Waals surface area (Å²) in [6.45, 7) is 9.42. The Balaban J connectivity index is 2.85. The molecule has 0 aromatic carbocycles. The molecule has 1 aromatic rings. The smallest absolute Gasteiger partial charge is 0.263 e. The van der Waals surface area contributed by atoms with Crippen LogP contribution in [0.1, 0.15) is 41.1 Å². The highest BCUT2D eigenvalue weighted by Crippen LogP contribution is 2.20. The standard InChI is InChI=1S/C11H17ClN2OS/c1-6-9(16-8(3)13-6)10(15)14-11(4,5)7(2)12/h7H,1-5H3,(H,14,15). The van der Waals surface area contributed by atoms with Crippen LogP contribution < -0.4 is 5.32 Å². The molecule has 0 bridgehead atoms. The lowest BCUT2D eigenvalue weighted by molar-refractivity contribution is 0.0916. The topological polar surface area (TPSA) is 42.0 Å². The van der Waals surface area contributed by atoms with Crippen molar-refractivity contribution in [2.45, 2.75) is 45.5 Å². The van der Waals surface area contributed by atoms with Crippen LogP contribution in [0.15, 0.2) is 0 Å². The maximum absolute atomic E-state index is 12.0. The van der Waals surface area contributed by atoms with Gasteiger partial charge in [-0.25, -0.2) is 4.98 Å². The van der Waals surface area contributed by atoms with Crippen LogP contribution in [0.2, 0.25) is 0 Å². The average molecular weight is 261 g/mol. The van der Waals surface area contributed by atoms with Gasteiger partial charge in [0.05, 0.1) is 21.6 Å². The number of hydrogen-bond acceptors (Lipinski definition) is 3. The molecule has 1 N–H and O–H groups in total. The van der Waals surface area contributed by atoms with E-state index in [-0.39, 0.29) is 11.3 Å². The van der Waals surface area contributed by atoms with Gasteiger partial charge in [0.1, 0.15) is 4.88 Å². The Kier molecular flexibility index (Phi) is 3.97. The van der Waals surface area contributed by atoms with Crippen molar-refractivity contribution < 1.29 is 4.79 Å². The first kappa shape index (κ1) is 13.5. The normalized spacial score (nSPS) is 13.6. The maximum Gasteiger partial charge on any atom is 0.263 e. The number of halogens is 1. The summed E-state index contributed by atoms with van der Waals surface area (Å²) in [5.41, 5.74) is 0.348. The van der Waals surface area contributed by atoms with Gasteiger partial charge >= 0.3 is 0 Å². The number of thiazole rings is 1. The van der Waals surface area contributed by atoms with Crippen molar-refractivity contribution in [3.05, 3.63) is 15.6 Å². The van der Waals surface area contributed by atoms with Crippen LogP contribution in [-0.4, -0.2) is 21.8 Å². The molecule has 1 heterocycles. The van der Waals surface area contributed by atoms with Gasteiger partial charge in [-0.3, -0.25) is 4.79 Å². The minimum absolute atomic E-state index is 0.0967. The number of hydrogen-bond donors (Lipinski definition) is 1. The second kappa shape index (κ2) is 4.72. The molecule has 1 aromatic heterocycles. The Labute approximate surface area is 105 Å². The summed E-state index contributed by atoms with van der Waals surface area (Å²) >= 11 is 7.43. The van der Waals surface area contributed by atoms with Crippen molar-refractivity contribution in [1.29, 1.82) is 0 Å². The minimum Gasteiger partial charge on any atom is -0.345 e. The Morgan fingerprint density at radius 3 is 2.44 bits per heavy atom. The third kappa shape index (κ3) is 2.95. The average Bonchev–Trinajstić information content (AvgIpc) is 2.44. The molecule has 1 atom stereocenters. The SMILES string of the molecule is Cc1nc(C)c(C(=O)NC(C)(C)C(C)Cl)s1. The molecule has 0 saturated carbocycles. The number of carbonyl (C=O) groups excluding carboxylic acids is 1. The van der Waals surface area contributed by atoms with Crippen molar-refractivity contribution >= 4 is 28.8 Å². The van der Waals surface area contributed by atoms with E-state index < -0.39 is 5.54 Å². The van der Waals surface area contributed by atoms with Gasteiger partial charge in [-0.1, -0.05) is 0 Å². The fourth-order valence-electron chi connectivity index (χ4n) is 1.19. The van der Waals surface area contributed by atoms with Gasteiger partial charge in [0.2, 0.25) is 0 Å². The molecule has 1 rings (SSSR count). The highest BCUT2D eigenvalue weighted by Gasteiger charge is 2.27. The number of aromatic nitrogens is 1. The van der Waals surface area contributed by atoms with Crippen molar-refractivity contribution in [2.75, 3.05) is 0 Å². The van der Waals surface area contributed by atoms with E-state index in [1.807, 2.05) is 34.6 Å². The summed E-state index contributed by atoms with van der Waals surface area (Å²) in [7, 11) is 0. The van der Waals surface area contributed by atoms with Crippen molar-refractivity contribution in [3.63, 3.8) is 0 Å². The molecular weight excluding hydrogens is 244 g/mol. The summed E-state index contributed by atoms with van der Waals surface area (Å²) < 4.78 is 0. The number of rotatable bonds is 3. The third-order valence-corrected chi connectivity index (χ3v) is 4.16. The van der Waals surface area contributed by atoms with Gasteiger partial charge < -0.3 is 5.32 Å². The maximum atomic E-state index is 12.0. The predicted octanol–water partition coefficient (Wildman–Crippen LogP) is 2.90. The lowest BCUT2D eigenvalue weighted by Gasteiger charge is -2.28. The van der Waals surface area contributed by atoms with Gasteiger partial charge in [0.25, 0.3) is 5.91 Å². The monoisotopic (exact) mass is 260 g/mol. The van der Waals surface area contributed by atoms with Gasteiger partial charge in [-0.05, 0) is 34.6 Å². The minimum atomic E-state index is -0.428. The van der Waals surface area contributed by atoms with E-state index in [1.165, 1.54) is 11.3 Å². The first-order valence-corrected chi connectivity index (χ1v) is 6.40. The number of carbonyl (C=O) groups is 1. The van der Waals surface area contributed by atoms with Crippen LogP contribution >= 0.6 is 22.9 Å². The van der Waals surface area contributed by atoms with E-state index in [1.54, 1.807) is 0 Å². The zero-order valence-corrected chi connectivity index (χ0v) is 11.8. The van der Waals surface area contributed by atoms with Gasteiger partial charge in [-0.2, -0.15) is 0 Å². The quantitative estimate of drug-likeness (QED) is 0.849. The van der Waals surface area contributed by atoms with Gasteiger partial charge in [-0.15, -0.1) is 22.9 Å². The fraction of sp³-hybridized carbons (Fsp3) is 0.636. The second-order valence-corrected chi connectivity index (χ2v) is 6.30. The molecule has 5 heteroatoms. The van der Waals surface area contributed by atoms with Crippen LogP contribution in [0.3, 0.4) is 0 Å². The molecule has 3 nitrogen and oxygen atoms in total. The summed E-state index contributed by atoms with van der Waals surface area (Å²) in [5, 5.41) is 3.69. The summed E-state index contributed by atoms with van der Waals surface area (Å²) in [6, 6.07) is 0. The van der Waals surface area contributed by atoms with Crippen LogP contribution in [0.5, 0.6) is 0 Å². The second-order valence-electron chi connectivity index (χ2n) is 4.44. The van der Waals surface area contributed by atoms with Crippen LogP contribution in [0, 0.1) is 13.8 Å². The van der Waals surface area contributed by atoms with Crippen molar-refractivity contribution in [1.82, 2.24) is 10.3 Å². The lowest BCUT2D eigenvalue weighted by Crippen LogP contribution is -2.48. The Bertz CT molecular complexity index is 399. The molecule has 0 aliphatic heterocycles. The largest absolute Gasteiger partial charge is 0.345 e. The summed E-state index contributed by atoms with van der Waals surface area (Å²) in [6.07, 6.45) is 0. The highest BCUT2D eigenvalue weighted by atomic mass is 35.5. The molecule has 90 valence electrons. The molecule has 16 heavy (non-hydrogen) atoms. The Morgan fingerprint density at radius 2 is 2.06 bits per heavy atom. The van der Waals surface area contributed by atoms with Crippen molar-refractivity contribution in [2.24, 2.45) is 0 Å². The third-order valence-electron chi connectivity index (χ3n) is 2.54. The van der Waals surface area contributed by atoms with Crippen LogP contribution in [0.25, 0.3) is 0 Å². The molecular formula is C11H17ClN2OS. The molecule has 0 radical (unpaired) electrons. The van der Waals surface area contributed by atoms with Gasteiger partial charge in [0, 0.05) is 0 Å². The Morgan fingerprint density at radius 1 is 1.50 bits per heavy atom. The molecule has 0 aliphatic rings. The van der Waals surface area contributed by atoms with Crippen molar-refractivity contribution in [3.8, 4) is 0 Å². The van der Waals surface area contributed by atoms with E-state index in [9.17, 15) is 4.79 Å². The molecule has 1 amide bonds. The molecule has 0 aliphatic carbocycles. The number of alkyl halides is 1. The number of aryl methyl sites for hydroxylation is 2. The van der Waals surface area contributed by atoms with Crippen LogP contribution in [0.4, 0.5) is 0 Å². The highest BCUT2D eigenvalue weighted by molar-refractivity contribution is 7.13. The fourth-order valence-corrected chi connectivity index (χ4v) is 2.06.